The number of unbranched alkanes of at least 4 members (excludes halogenated alkanes) is 3. The smallest absolute Gasteiger partial charge is 0.191 e. The number of nitrogens with one attached hydrogen (secondary N) is 2. The lowest BCUT2D eigenvalue weighted by molar-refractivity contribution is 0.139. The van der Waals surface area contributed by atoms with E-state index in [4.69, 9.17) is 0 Å². The first-order valence-electron chi connectivity index (χ1n) is 9.93. The van der Waals surface area contributed by atoms with Crippen LogP contribution in [-0.2, 0) is 0 Å². The first-order chi connectivity index (χ1) is 11.5. The van der Waals surface area contributed by atoms with E-state index in [0.29, 0.717) is 12.0 Å². The maximum Gasteiger partial charge on any atom is 0.191 e. The van der Waals surface area contributed by atoms with Crippen LogP contribution in [0.1, 0.15) is 52.9 Å². The Hall–Kier alpha value is -0.0800. The van der Waals surface area contributed by atoms with E-state index in [2.05, 4.69) is 53.2 Å². The Labute approximate surface area is 173 Å². The average molecular weight is 467 g/mol. The molecule has 2 unspecified atom stereocenters. The number of piperazine rings is 1. The normalized spacial score (nSPS) is 19.2. The van der Waals surface area contributed by atoms with Crippen molar-refractivity contribution in [1.29, 1.82) is 0 Å². The lowest BCUT2D eigenvalue weighted by Crippen LogP contribution is -2.48. The van der Waals surface area contributed by atoms with Crippen molar-refractivity contribution in [3.05, 3.63) is 0 Å². The number of halogens is 1. The summed E-state index contributed by atoms with van der Waals surface area (Å²) in [7, 11) is 4.08. The molecule has 0 radical (unpaired) electrons. The lowest BCUT2D eigenvalue weighted by atomic mass is 10.1. The minimum absolute atomic E-state index is 0. The van der Waals surface area contributed by atoms with Gasteiger partial charge in [-0.1, -0.05) is 39.5 Å². The molecule has 0 saturated carbocycles. The van der Waals surface area contributed by atoms with Gasteiger partial charge in [0.15, 0.2) is 5.96 Å². The van der Waals surface area contributed by atoms with Gasteiger partial charge < -0.3 is 20.4 Å². The second-order valence-corrected chi connectivity index (χ2v) is 7.56. The molecular formula is C19H42IN5. The third-order valence-electron chi connectivity index (χ3n) is 4.88. The van der Waals surface area contributed by atoms with Gasteiger partial charge in [-0.15, -0.1) is 24.0 Å². The van der Waals surface area contributed by atoms with Crippen LogP contribution in [0.3, 0.4) is 0 Å². The quantitative estimate of drug-likeness (QED) is 0.224. The number of rotatable bonds is 10. The monoisotopic (exact) mass is 467 g/mol. The van der Waals surface area contributed by atoms with Gasteiger partial charge in [-0.05, 0) is 26.3 Å². The highest BCUT2D eigenvalue weighted by Crippen LogP contribution is 2.06. The van der Waals surface area contributed by atoms with Crippen LogP contribution >= 0.6 is 24.0 Å². The number of likely N-dealkylation sites (N-methyl/N-ethyl adjacent to an activating group) is 1. The van der Waals surface area contributed by atoms with Crippen molar-refractivity contribution in [2.75, 3.05) is 53.4 Å². The molecule has 2 atom stereocenters. The second-order valence-electron chi connectivity index (χ2n) is 7.56. The first kappa shape index (κ1) is 24.9. The van der Waals surface area contributed by atoms with E-state index in [-0.39, 0.29) is 24.0 Å². The van der Waals surface area contributed by atoms with Crippen molar-refractivity contribution in [2.45, 2.75) is 58.9 Å². The molecular weight excluding hydrogens is 425 g/mol. The van der Waals surface area contributed by atoms with Crippen LogP contribution < -0.4 is 10.6 Å². The summed E-state index contributed by atoms with van der Waals surface area (Å²) in [6, 6.07) is 0.487. The topological polar surface area (TPSA) is 42.9 Å². The summed E-state index contributed by atoms with van der Waals surface area (Å²) in [6.07, 6.45) is 6.52. The van der Waals surface area contributed by atoms with E-state index in [1.807, 2.05) is 7.05 Å². The van der Waals surface area contributed by atoms with Gasteiger partial charge in [0.05, 0.1) is 0 Å². The maximum atomic E-state index is 4.38. The van der Waals surface area contributed by atoms with Gasteiger partial charge in [0.1, 0.15) is 0 Å². The summed E-state index contributed by atoms with van der Waals surface area (Å²) in [5.74, 6) is 1.58. The van der Waals surface area contributed by atoms with E-state index in [9.17, 15) is 0 Å². The molecule has 0 aromatic carbocycles. The second kappa shape index (κ2) is 15.0. The van der Waals surface area contributed by atoms with Gasteiger partial charge >= 0.3 is 0 Å². The van der Waals surface area contributed by atoms with Gasteiger partial charge in [0.2, 0.25) is 0 Å². The summed E-state index contributed by atoms with van der Waals surface area (Å²) in [5, 5.41) is 7.03. The van der Waals surface area contributed by atoms with Gasteiger partial charge in [-0.2, -0.15) is 0 Å². The minimum Gasteiger partial charge on any atom is -0.356 e. The van der Waals surface area contributed by atoms with Gasteiger partial charge in [0.25, 0.3) is 0 Å². The molecule has 25 heavy (non-hydrogen) atoms. The summed E-state index contributed by atoms with van der Waals surface area (Å²) in [6.45, 7) is 13.8. The van der Waals surface area contributed by atoms with Crippen molar-refractivity contribution in [3.8, 4) is 0 Å². The van der Waals surface area contributed by atoms with E-state index in [0.717, 1.165) is 12.5 Å². The Bertz CT molecular complexity index is 343. The molecule has 1 aliphatic heterocycles. The molecule has 0 spiro atoms. The summed E-state index contributed by atoms with van der Waals surface area (Å²) in [5.41, 5.74) is 0. The largest absolute Gasteiger partial charge is 0.356 e. The number of aliphatic imine (C=N–C) groups is 1. The Kier molecular flexibility index (Phi) is 15.0. The SMILES string of the molecule is CCCCCCC(C)NC(=NC)NCC(C)CN1CCN(C)CC1.I. The Morgan fingerprint density at radius 2 is 1.76 bits per heavy atom. The zero-order valence-corrected chi connectivity index (χ0v) is 19.5. The van der Waals surface area contributed by atoms with Gasteiger partial charge in [-0.3, -0.25) is 4.99 Å². The number of guanidine groups is 1. The highest BCUT2D eigenvalue weighted by molar-refractivity contribution is 14.0. The fourth-order valence-electron chi connectivity index (χ4n) is 3.18. The van der Waals surface area contributed by atoms with Crippen LogP contribution in [0, 0.1) is 5.92 Å². The van der Waals surface area contributed by atoms with Crippen molar-refractivity contribution in [3.63, 3.8) is 0 Å². The third kappa shape index (κ3) is 12.0. The van der Waals surface area contributed by atoms with E-state index >= 15 is 0 Å². The third-order valence-corrected chi connectivity index (χ3v) is 4.88. The van der Waals surface area contributed by atoms with Crippen LogP contribution in [0.15, 0.2) is 4.99 Å². The molecule has 1 saturated heterocycles. The van der Waals surface area contributed by atoms with Crippen LogP contribution in [-0.4, -0.2) is 75.2 Å². The molecule has 1 aliphatic rings. The fourth-order valence-corrected chi connectivity index (χ4v) is 3.18. The van der Waals surface area contributed by atoms with Crippen LogP contribution in [0.25, 0.3) is 0 Å². The average Bonchev–Trinajstić information content (AvgIpc) is 2.57. The first-order valence-corrected chi connectivity index (χ1v) is 9.93. The molecule has 0 aliphatic carbocycles. The number of nitrogens with zero attached hydrogens (tertiary/aromatic N) is 3. The van der Waals surface area contributed by atoms with E-state index in [1.54, 1.807) is 0 Å². The van der Waals surface area contributed by atoms with Crippen molar-refractivity contribution >= 4 is 29.9 Å². The number of hydrogen-bond donors (Lipinski definition) is 2. The number of hydrogen-bond acceptors (Lipinski definition) is 3. The molecule has 1 rings (SSSR count). The predicted octanol–water partition coefficient (Wildman–Crippen LogP) is 3.01. The standard InChI is InChI=1S/C19H41N5.HI/c1-6-7-8-9-10-18(3)22-19(20-4)21-15-17(2)16-24-13-11-23(5)12-14-24;/h17-18H,6-16H2,1-5H3,(H2,20,21,22);1H. The van der Waals surface area contributed by atoms with Crippen molar-refractivity contribution in [2.24, 2.45) is 10.9 Å². The van der Waals surface area contributed by atoms with Crippen LogP contribution in [0.5, 0.6) is 0 Å². The Morgan fingerprint density at radius 1 is 1.08 bits per heavy atom. The Morgan fingerprint density at radius 3 is 2.36 bits per heavy atom. The zero-order valence-electron chi connectivity index (χ0n) is 17.2. The molecule has 1 fully saturated rings. The highest BCUT2D eigenvalue weighted by atomic mass is 127. The Balaban J connectivity index is 0.00000576. The molecule has 0 amide bonds. The summed E-state index contributed by atoms with van der Waals surface area (Å²) < 4.78 is 0. The predicted molar refractivity (Wildman–Crippen MR) is 121 cm³/mol. The highest BCUT2D eigenvalue weighted by Gasteiger charge is 2.16. The van der Waals surface area contributed by atoms with E-state index < -0.39 is 0 Å². The maximum absolute atomic E-state index is 4.38. The molecule has 0 aromatic rings. The molecule has 5 nitrogen and oxygen atoms in total. The zero-order chi connectivity index (χ0) is 17.8. The molecule has 150 valence electrons. The summed E-state index contributed by atoms with van der Waals surface area (Å²) >= 11 is 0. The molecule has 2 N–H and O–H groups in total. The lowest BCUT2D eigenvalue weighted by Gasteiger charge is -2.34. The van der Waals surface area contributed by atoms with Gasteiger partial charge in [-0.25, -0.2) is 0 Å². The fraction of sp³-hybridized carbons (Fsp3) is 0.947. The van der Waals surface area contributed by atoms with E-state index in [1.165, 1.54) is 64.8 Å². The van der Waals surface area contributed by atoms with Crippen molar-refractivity contribution in [1.82, 2.24) is 20.4 Å². The molecule has 0 aromatic heterocycles. The molecule has 0 bridgehead atoms. The van der Waals surface area contributed by atoms with Crippen LogP contribution in [0.4, 0.5) is 0 Å². The molecule has 1 heterocycles. The van der Waals surface area contributed by atoms with Crippen molar-refractivity contribution < 1.29 is 0 Å². The van der Waals surface area contributed by atoms with Gasteiger partial charge in [0, 0.05) is 52.4 Å². The molecule has 6 heteroatoms. The summed E-state index contributed by atoms with van der Waals surface area (Å²) in [4.78, 5) is 9.37. The minimum atomic E-state index is 0. The van der Waals surface area contributed by atoms with Crippen LogP contribution in [0.2, 0.25) is 0 Å².